The van der Waals surface area contributed by atoms with Gasteiger partial charge < -0.3 is 5.11 Å². The lowest BCUT2D eigenvalue weighted by Crippen LogP contribution is -2.38. The number of aliphatic hydroxyl groups is 1. The van der Waals surface area contributed by atoms with Crippen LogP contribution in [0, 0.1) is 20.8 Å². The van der Waals surface area contributed by atoms with E-state index in [-0.39, 0.29) is 11.3 Å². The van der Waals surface area contributed by atoms with Crippen LogP contribution in [0.5, 0.6) is 0 Å². The molecular formula is C15H12FIN4O3. The maximum Gasteiger partial charge on any atom is 0.276 e. The molecule has 9 heteroatoms. The van der Waals surface area contributed by atoms with Crippen LogP contribution in [-0.4, -0.2) is 28.8 Å². The molecule has 2 N–H and O–H groups in total. The monoisotopic (exact) mass is 442 g/mol. The number of nitrogens with one attached hydrogen (secondary N) is 1. The summed E-state index contributed by atoms with van der Waals surface area (Å²) in [5, 5.41) is 19.1. The van der Waals surface area contributed by atoms with E-state index >= 15 is 0 Å². The average Bonchev–Trinajstić information content (AvgIpc) is 2.58. The molecule has 0 saturated heterocycles. The first-order chi connectivity index (χ1) is 11.5. The van der Waals surface area contributed by atoms with Gasteiger partial charge in [-0.25, -0.2) is 14.8 Å². The number of carbonyl (C=O) groups is 1. The van der Waals surface area contributed by atoms with Crippen molar-refractivity contribution in [3.05, 3.63) is 57.7 Å². The van der Waals surface area contributed by atoms with Crippen molar-refractivity contribution in [1.29, 1.82) is 5.26 Å². The third-order valence-electron chi connectivity index (χ3n) is 2.90. The lowest BCUT2D eigenvalue weighted by Gasteiger charge is -2.22. The summed E-state index contributed by atoms with van der Waals surface area (Å²) < 4.78 is 14.5. The SMILES string of the molecule is N#CN(c1ccc(I)cc1F)C(O)CONC(=O)c1cccnc1. The van der Waals surface area contributed by atoms with Gasteiger partial charge in [0.25, 0.3) is 5.91 Å². The Morgan fingerprint density at radius 2 is 2.33 bits per heavy atom. The van der Waals surface area contributed by atoms with E-state index < -0.39 is 24.6 Å². The molecule has 7 nitrogen and oxygen atoms in total. The number of benzene rings is 1. The standard InChI is InChI=1S/C15H12FIN4O3/c16-12-6-11(17)3-4-13(12)21(9-18)14(22)8-24-20-15(23)10-2-1-5-19-7-10/h1-7,14,22H,8H2,(H,20,23). The number of anilines is 1. The van der Waals surface area contributed by atoms with Gasteiger partial charge in [0.15, 0.2) is 12.4 Å². The van der Waals surface area contributed by atoms with E-state index in [2.05, 4.69) is 10.5 Å². The topological polar surface area (TPSA) is 98.5 Å². The Morgan fingerprint density at radius 1 is 1.54 bits per heavy atom. The molecule has 1 aromatic carbocycles. The Morgan fingerprint density at radius 3 is 2.96 bits per heavy atom. The number of amides is 1. The summed E-state index contributed by atoms with van der Waals surface area (Å²) in [6, 6.07) is 7.32. The molecule has 1 atom stereocenters. The van der Waals surface area contributed by atoms with Crippen molar-refractivity contribution in [3.63, 3.8) is 0 Å². The van der Waals surface area contributed by atoms with E-state index in [9.17, 15) is 14.3 Å². The second-order valence-corrected chi connectivity index (χ2v) is 5.78. The predicted molar refractivity (Wildman–Crippen MR) is 90.9 cm³/mol. The first-order valence-electron chi connectivity index (χ1n) is 6.67. The zero-order valence-corrected chi connectivity index (χ0v) is 14.3. The summed E-state index contributed by atoms with van der Waals surface area (Å²) >= 11 is 1.93. The Labute approximate surface area is 150 Å². The molecule has 0 aliphatic rings. The molecule has 0 aliphatic carbocycles. The van der Waals surface area contributed by atoms with Crippen LogP contribution >= 0.6 is 22.6 Å². The zero-order chi connectivity index (χ0) is 17.5. The minimum absolute atomic E-state index is 0.0902. The minimum Gasteiger partial charge on any atom is -0.370 e. The number of halogens is 2. The molecule has 1 aromatic heterocycles. The second kappa shape index (κ2) is 8.53. The number of aromatic nitrogens is 1. The predicted octanol–water partition coefficient (Wildman–Crippen LogP) is 1.79. The maximum atomic E-state index is 13.9. The summed E-state index contributed by atoms with van der Waals surface area (Å²) in [4.78, 5) is 21.2. The number of rotatable bonds is 6. The van der Waals surface area contributed by atoms with Crippen LogP contribution < -0.4 is 10.4 Å². The Bertz CT molecular complexity index is 754. The largest absolute Gasteiger partial charge is 0.370 e. The molecule has 24 heavy (non-hydrogen) atoms. The maximum absolute atomic E-state index is 13.9. The molecule has 0 spiro atoms. The lowest BCUT2D eigenvalue weighted by atomic mass is 10.3. The van der Waals surface area contributed by atoms with Gasteiger partial charge in [0.05, 0.1) is 11.3 Å². The average molecular weight is 442 g/mol. The molecule has 2 aromatic rings. The number of carbonyl (C=O) groups excluding carboxylic acids is 1. The Kier molecular flexibility index (Phi) is 6.42. The van der Waals surface area contributed by atoms with Crippen LogP contribution in [0.1, 0.15) is 10.4 Å². The van der Waals surface area contributed by atoms with Gasteiger partial charge in [-0.2, -0.15) is 5.26 Å². The smallest absolute Gasteiger partial charge is 0.276 e. The number of hydroxylamine groups is 1. The van der Waals surface area contributed by atoms with Crippen molar-refractivity contribution in [2.75, 3.05) is 11.5 Å². The fourth-order valence-corrected chi connectivity index (χ4v) is 2.22. The Hall–Kier alpha value is -2.29. The quantitative estimate of drug-likeness (QED) is 0.233. The summed E-state index contributed by atoms with van der Waals surface area (Å²) in [6.07, 6.45) is 3.07. The molecule has 0 fully saturated rings. The molecule has 0 radical (unpaired) electrons. The van der Waals surface area contributed by atoms with Crippen LogP contribution in [0.4, 0.5) is 10.1 Å². The highest BCUT2D eigenvalue weighted by atomic mass is 127. The van der Waals surface area contributed by atoms with E-state index in [0.29, 0.717) is 3.57 Å². The first kappa shape index (κ1) is 18.1. The molecule has 2 rings (SSSR count). The van der Waals surface area contributed by atoms with Crippen molar-refractivity contribution in [2.45, 2.75) is 6.23 Å². The van der Waals surface area contributed by atoms with E-state index in [4.69, 9.17) is 10.1 Å². The number of nitrogens with zero attached hydrogens (tertiary/aromatic N) is 3. The van der Waals surface area contributed by atoms with Crippen molar-refractivity contribution in [1.82, 2.24) is 10.5 Å². The second-order valence-electron chi connectivity index (χ2n) is 4.53. The molecule has 0 saturated carbocycles. The van der Waals surface area contributed by atoms with E-state index in [1.807, 2.05) is 22.6 Å². The highest BCUT2D eigenvalue weighted by Crippen LogP contribution is 2.22. The van der Waals surface area contributed by atoms with Crippen LogP contribution in [0.15, 0.2) is 42.7 Å². The number of aliphatic hydroxyl groups excluding tert-OH is 1. The van der Waals surface area contributed by atoms with Crippen molar-refractivity contribution >= 4 is 34.2 Å². The van der Waals surface area contributed by atoms with Gasteiger partial charge in [0, 0.05) is 16.0 Å². The molecule has 1 heterocycles. The molecule has 0 bridgehead atoms. The molecule has 124 valence electrons. The van der Waals surface area contributed by atoms with Crippen LogP contribution in [0.2, 0.25) is 0 Å². The summed E-state index contributed by atoms with van der Waals surface area (Å²) in [5.74, 6) is -1.21. The lowest BCUT2D eigenvalue weighted by molar-refractivity contribution is -0.0103. The first-order valence-corrected chi connectivity index (χ1v) is 7.75. The van der Waals surface area contributed by atoms with E-state index in [1.165, 1.54) is 30.6 Å². The van der Waals surface area contributed by atoms with Gasteiger partial charge in [-0.1, -0.05) is 0 Å². The fourth-order valence-electron chi connectivity index (χ4n) is 1.77. The molecule has 1 amide bonds. The van der Waals surface area contributed by atoms with Gasteiger partial charge in [-0.05, 0) is 52.9 Å². The summed E-state index contributed by atoms with van der Waals surface area (Å²) in [5.41, 5.74) is 2.29. The van der Waals surface area contributed by atoms with Gasteiger partial charge in [-0.3, -0.25) is 14.6 Å². The van der Waals surface area contributed by atoms with Gasteiger partial charge >= 0.3 is 0 Å². The van der Waals surface area contributed by atoms with Crippen LogP contribution in [0.3, 0.4) is 0 Å². The van der Waals surface area contributed by atoms with E-state index in [1.54, 1.807) is 18.3 Å². The molecular weight excluding hydrogens is 430 g/mol. The highest BCUT2D eigenvalue weighted by Gasteiger charge is 2.20. The molecule has 1 unspecified atom stereocenters. The van der Waals surface area contributed by atoms with Crippen molar-refractivity contribution in [2.24, 2.45) is 0 Å². The molecule has 0 aliphatic heterocycles. The van der Waals surface area contributed by atoms with Crippen LogP contribution in [0.25, 0.3) is 0 Å². The van der Waals surface area contributed by atoms with E-state index in [0.717, 1.165) is 4.90 Å². The minimum atomic E-state index is -1.47. The number of pyridine rings is 1. The third kappa shape index (κ3) is 4.60. The van der Waals surface area contributed by atoms with Crippen LogP contribution in [-0.2, 0) is 4.84 Å². The number of nitriles is 1. The highest BCUT2D eigenvalue weighted by molar-refractivity contribution is 14.1. The van der Waals surface area contributed by atoms with Crippen molar-refractivity contribution in [3.8, 4) is 6.19 Å². The normalized spacial score (nSPS) is 11.4. The zero-order valence-electron chi connectivity index (χ0n) is 12.2. The fraction of sp³-hybridized carbons (Fsp3) is 0.133. The van der Waals surface area contributed by atoms with Gasteiger partial charge in [-0.15, -0.1) is 0 Å². The van der Waals surface area contributed by atoms with Gasteiger partial charge in [0.1, 0.15) is 12.4 Å². The number of hydrogen-bond acceptors (Lipinski definition) is 6. The van der Waals surface area contributed by atoms with Crippen molar-refractivity contribution < 1.29 is 19.1 Å². The number of hydrogen-bond donors (Lipinski definition) is 2. The summed E-state index contributed by atoms with van der Waals surface area (Å²) in [7, 11) is 0. The third-order valence-corrected chi connectivity index (χ3v) is 3.57. The van der Waals surface area contributed by atoms with Gasteiger partial charge in [0.2, 0.25) is 0 Å². The Balaban J connectivity index is 1.94. The summed E-state index contributed by atoms with van der Waals surface area (Å²) in [6.45, 7) is -0.439.